The largest absolute Gasteiger partial charge is 0.417 e. The van der Waals surface area contributed by atoms with Crippen molar-refractivity contribution >= 4 is 23.3 Å². The maximum Gasteiger partial charge on any atom is 0.417 e. The number of ether oxygens (including phenoxy) is 1. The summed E-state index contributed by atoms with van der Waals surface area (Å²) in [5, 5.41) is 2.35. The van der Waals surface area contributed by atoms with E-state index in [2.05, 4.69) is 10.3 Å². The molecule has 1 aromatic heterocycles. The highest BCUT2D eigenvalue weighted by molar-refractivity contribution is 6.33. The highest BCUT2D eigenvalue weighted by atomic mass is 35.5. The van der Waals surface area contributed by atoms with E-state index in [9.17, 15) is 18.0 Å². The molecule has 1 fully saturated rings. The van der Waals surface area contributed by atoms with E-state index in [1.807, 2.05) is 0 Å². The molecule has 0 aromatic carbocycles. The molecule has 1 aromatic rings. The quantitative estimate of drug-likeness (QED) is 0.900. The number of carbonyl (C=O) groups excluding carboxylic acids is 1. The van der Waals surface area contributed by atoms with E-state index in [1.54, 1.807) is 4.90 Å². The summed E-state index contributed by atoms with van der Waals surface area (Å²) in [7, 11) is 1.48. The Bertz CT molecular complexity index is 539. The SMILES string of the molecule is CNC(=O)C1CN(c2ncc(C(F)(F)F)cc2Cl)CCO1. The monoisotopic (exact) mass is 323 g/mol. The maximum atomic E-state index is 12.6. The van der Waals surface area contributed by atoms with Crippen molar-refractivity contribution in [1.29, 1.82) is 0 Å². The van der Waals surface area contributed by atoms with Crippen LogP contribution in [0.15, 0.2) is 12.3 Å². The first-order valence-electron chi connectivity index (χ1n) is 6.14. The Labute approximate surface area is 124 Å². The molecule has 2 rings (SSSR count). The fraction of sp³-hybridized carbons (Fsp3) is 0.500. The first-order valence-corrected chi connectivity index (χ1v) is 6.51. The second-order valence-electron chi connectivity index (χ2n) is 4.45. The van der Waals surface area contributed by atoms with Gasteiger partial charge in [0.05, 0.1) is 23.7 Å². The standard InChI is InChI=1S/C12H13ClF3N3O2/c1-17-11(20)9-6-19(2-3-21-9)10-8(13)4-7(5-18-10)12(14,15)16/h4-5,9H,2-3,6H2,1H3,(H,17,20). The lowest BCUT2D eigenvalue weighted by Gasteiger charge is -2.33. The fourth-order valence-corrected chi connectivity index (χ4v) is 2.27. The van der Waals surface area contributed by atoms with Crippen LogP contribution in [0.3, 0.4) is 0 Å². The van der Waals surface area contributed by atoms with Crippen molar-refractivity contribution in [3.63, 3.8) is 0 Å². The Morgan fingerprint density at radius 1 is 1.57 bits per heavy atom. The van der Waals surface area contributed by atoms with E-state index in [-0.39, 0.29) is 29.9 Å². The average molecular weight is 324 g/mol. The number of morpholine rings is 1. The van der Waals surface area contributed by atoms with Gasteiger partial charge in [-0.15, -0.1) is 0 Å². The summed E-state index contributed by atoms with van der Waals surface area (Å²) in [6.45, 7) is 0.834. The van der Waals surface area contributed by atoms with Gasteiger partial charge < -0.3 is 15.0 Å². The molecule has 0 saturated carbocycles. The summed E-state index contributed by atoms with van der Waals surface area (Å²) < 4.78 is 43.0. The fourth-order valence-electron chi connectivity index (χ4n) is 1.98. The molecule has 21 heavy (non-hydrogen) atoms. The Kier molecular flexibility index (Phi) is 4.58. The zero-order valence-electron chi connectivity index (χ0n) is 11.1. The molecule has 9 heteroatoms. The molecular weight excluding hydrogens is 311 g/mol. The Morgan fingerprint density at radius 3 is 2.86 bits per heavy atom. The third-order valence-electron chi connectivity index (χ3n) is 3.05. The summed E-state index contributed by atoms with van der Waals surface area (Å²) >= 11 is 5.88. The molecule has 116 valence electrons. The van der Waals surface area contributed by atoms with Gasteiger partial charge in [-0.2, -0.15) is 13.2 Å². The zero-order valence-corrected chi connectivity index (χ0v) is 11.8. The number of carbonyl (C=O) groups is 1. The number of amides is 1. The summed E-state index contributed by atoms with van der Waals surface area (Å²) in [6.07, 6.45) is -4.47. The maximum absolute atomic E-state index is 12.6. The number of anilines is 1. The lowest BCUT2D eigenvalue weighted by molar-refractivity contribution is -0.137. The minimum Gasteiger partial charge on any atom is -0.365 e. The van der Waals surface area contributed by atoms with Gasteiger partial charge >= 0.3 is 6.18 Å². The number of hydrogen-bond donors (Lipinski definition) is 1. The highest BCUT2D eigenvalue weighted by Crippen LogP contribution is 2.33. The predicted molar refractivity (Wildman–Crippen MR) is 70.3 cm³/mol. The van der Waals surface area contributed by atoms with Gasteiger partial charge in [-0.25, -0.2) is 4.98 Å². The van der Waals surface area contributed by atoms with E-state index >= 15 is 0 Å². The first-order chi connectivity index (χ1) is 9.82. The van der Waals surface area contributed by atoms with Crippen LogP contribution in [0.4, 0.5) is 19.0 Å². The van der Waals surface area contributed by atoms with E-state index in [1.165, 1.54) is 7.05 Å². The van der Waals surface area contributed by atoms with E-state index in [0.717, 1.165) is 12.3 Å². The minimum absolute atomic E-state index is 0.109. The molecule has 1 aliphatic rings. The number of likely N-dealkylation sites (N-methyl/N-ethyl adjacent to an activating group) is 1. The van der Waals surface area contributed by atoms with Crippen LogP contribution in [-0.4, -0.2) is 43.7 Å². The van der Waals surface area contributed by atoms with E-state index < -0.39 is 17.8 Å². The smallest absolute Gasteiger partial charge is 0.365 e. The minimum atomic E-state index is -4.50. The van der Waals surface area contributed by atoms with Crippen LogP contribution in [0.2, 0.25) is 5.02 Å². The number of rotatable bonds is 2. The molecule has 0 bridgehead atoms. The van der Waals surface area contributed by atoms with Crippen LogP contribution in [-0.2, 0) is 15.7 Å². The topological polar surface area (TPSA) is 54.5 Å². The van der Waals surface area contributed by atoms with Gasteiger partial charge in [0, 0.05) is 19.8 Å². The molecule has 1 amide bonds. The predicted octanol–water partition coefficient (Wildman–Crippen LogP) is 1.70. The Hall–Kier alpha value is -1.54. The van der Waals surface area contributed by atoms with Gasteiger partial charge in [-0.1, -0.05) is 11.6 Å². The number of nitrogens with one attached hydrogen (secondary N) is 1. The molecule has 1 saturated heterocycles. The summed E-state index contributed by atoms with van der Waals surface area (Å²) in [6, 6.07) is 0.828. The number of halogens is 4. The lowest BCUT2D eigenvalue weighted by atomic mass is 10.2. The summed E-state index contributed by atoms with van der Waals surface area (Å²) in [4.78, 5) is 17.0. The van der Waals surface area contributed by atoms with Crippen molar-refractivity contribution in [2.24, 2.45) is 0 Å². The van der Waals surface area contributed by atoms with Crippen LogP contribution in [0.1, 0.15) is 5.56 Å². The van der Waals surface area contributed by atoms with E-state index in [0.29, 0.717) is 6.54 Å². The number of pyridine rings is 1. The van der Waals surface area contributed by atoms with Crippen molar-refractivity contribution in [3.8, 4) is 0 Å². The number of hydrogen-bond acceptors (Lipinski definition) is 4. The normalized spacial score (nSPS) is 19.5. The van der Waals surface area contributed by atoms with Crippen molar-refractivity contribution in [3.05, 3.63) is 22.8 Å². The van der Waals surface area contributed by atoms with Crippen LogP contribution in [0, 0.1) is 0 Å². The molecule has 1 atom stereocenters. The van der Waals surface area contributed by atoms with Crippen LogP contribution in [0.25, 0.3) is 0 Å². The third kappa shape index (κ3) is 3.56. The summed E-state index contributed by atoms with van der Waals surface area (Å²) in [5.74, 6) is -0.0930. The molecule has 0 aliphatic carbocycles. The van der Waals surface area contributed by atoms with Gasteiger partial charge in [0.1, 0.15) is 5.82 Å². The van der Waals surface area contributed by atoms with Crippen molar-refractivity contribution < 1.29 is 22.7 Å². The molecule has 0 radical (unpaired) electrons. The van der Waals surface area contributed by atoms with Gasteiger partial charge in [0.15, 0.2) is 6.10 Å². The highest BCUT2D eigenvalue weighted by Gasteiger charge is 2.33. The average Bonchev–Trinajstić information content (AvgIpc) is 2.45. The molecule has 1 unspecified atom stereocenters. The van der Waals surface area contributed by atoms with Crippen molar-refractivity contribution in [2.75, 3.05) is 31.6 Å². The molecule has 0 spiro atoms. The molecule has 1 N–H and O–H groups in total. The van der Waals surface area contributed by atoms with Gasteiger partial charge in [-0.05, 0) is 6.07 Å². The van der Waals surface area contributed by atoms with Gasteiger partial charge in [0.2, 0.25) is 0 Å². The van der Waals surface area contributed by atoms with Crippen LogP contribution < -0.4 is 10.2 Å². The molecular formula is C12H13ClF3N3O2. The van der Waals surface area contributed by atoms with Crippen molar-refractivity contribution in [1.82, 2.24) is 10.3 Å². The van der Waals surface area contributed by atoms with Gasteiger partial charge in [0.25, 0.3) is 5.91 Å². The number of aromatic nitrogens is 1. The second kappa shape index (κ2) is 6.07. The molecule has 2 heterocycles. The lowest BCUT2D eigenvalue weighted by Crippen LogP contribution is -2.49. The molecule has 1 aliphatic heterocycles. The van der Waals surface area contributed by atoms with Crippen LogP contribution in [0.5, 0.6) is 0 Å². The zero-order chi connectivity index (χ0) is 15.6. The summed E-state index contributed by atoms with van der Waals surface area (Å²) in [5.41, 5.74) is -0.910. The Balaban J connectivity index is 2.20. The van der Waals surface area contributed by atoms with Gasteiger partial charge in [-0.3, -0.25) is 4.79 Å². The second-order valence-corrected chi connectivity index (χ2v) is 4.85. The first kappa shape index (κ1) is 15.8. The van der Waals surface area contributed by atoms with E-state index in [4.69, 9.17) is 16.3 Å². The Morgan fingerprint density at radius 2 is 2.29 bits per heavy atom. The molecule has 5 nitrogen and oxygen atoms in total. The van der Waals surface area contributed by atoms with Crippen LogP contribution >= 0.6 is 11.6 Å². The van der Waals surface area contributed by atoms with Crippen molar-refractivity contribution in [2.45, 2.75) is 12.3 Å². The third-order valence-corrected chi connectivity index (χ3v) is 3.33. The number of nitrogens with zero attached hydrogens (tertiary/aromatic N) is 2. The number of alkyl halides is 3.